The summed E-state index contributed by atoms with van der Waals surface area (Å²) in [4.78, 5) is 15.0. The van der Waals surface area contributed by atoms with E-state index in [1.807, 2.05) is 0 Å². The van der Waals surface area contributed by atoms with Crippen molar-refractivity contribution in [2.45, 2.75) is 51.1 Å². The Balaban J connectivity index is 0.000001000. The molecule has 3 heterocycles. The highest BCUT2D eigenvalue weighted by atomic mass is 35.5. The van der Waals surface area contributed by atoms with E-state index in [0.29, 0.717) is 12.1 Å². The van der Waals surface area contributed by atoms with Gasteiger partial charge in [0.1, 0.15) is 0 Å². The van der Waals surface area contributed by atoms with Crippen LogP contribution in [-0.2, 0) is 4.79 Å². The van der Waals surface area contributed by atoms with Crippen LogP contribution in [-0.4, -0.2) is 49.1 Å². The van der Waals surface area contributed by atoms with Crippen molar-refractivity contribution in [3.05, 3.63) is 0 Å². The lowest BCUT2D eigenvalue weighted by molar-refractivity contribution is -0.130. The molecule has 3 aliphatic heterocycles. The fourth-order valence-electron chi connectivity index (χ4n) is 3.77. The Hall–Kier alpha value is -0.0300. The molecule has 0 aromatic carbocycles. The summed E-state index contributed by atoms with van der Waals surface area (Å²) in [5.41, 5.74) is -0.178. The van der Waals surface area contributed by atoms with E-state index in [0.717, 1.165) is 25.9 Å². The third-order valence-corrected chi connectivity index (χ3v) is 5.09. The van der Waals surface area contributed by atoms with Gasteiger partial charge in [-0.25, -0.2) is 0 Å². The molecule has 0 radical (unpaired) electrons. The zero-order valence-electron chi connectivity index (χ0n) is 12.2. The minimum absolute atomic E-state index is 0. The predicted octanol–water partition coefficient (Wildman–Crippen LogP) is 1.57. The summed E-state index contributed by atoms with van der Waals surface area (Å²) >= 11 is 0. The number of fused-ring (bicyclic) bond motifs is 1. The van der Waals surface area contributed by atoms with E-state index in [4.69, 9.17) is 0 Å². The van der Waals surface area contributed by atoms with Crippen molar-refractivity contribution < 1.29 is 4.79 Å². The summed E-state index contributed by atoms with van der Waals surface area (Å²) < 4.78 is 0. The second-order valence-electron chi connectivity index (χ2n) is 6.46. The van der Waals surface area contributed by atoms with Crippen LogP contribution in [0.1, 0.15) is 39.0 Å². The van der Waals surface area contributed by atoms with Gasteiger partial charge in [-0.2, -0.15) is 0 Å². The third kappa shape index (κ3) is 3.41. The van der Waals surface area contributed by atoms with Crippen LogP contribution in [0.2, 0.25) is 0 Å². The van der Waals surface area contributed by atoms with Crippen LogP contribution < -0.4 is 10.6 Å². The van der Waals surface area contributed by atoms with E-state index in [9.17, 15) is 4.79 Å². The molecule has 6 heteroatoms. The Kier molecular flexibility index (Phi) is 6.58. The molecule has 3 saturated heterocycles. The number of piperidine rings is 1. The number of carbonyl (C=O) groups excluding carboxylic acids is 1. The molecule has 0 bridgehead atoms. The Morgan fingerprint density at radius 2 is 2.05 bits per heavy atom. The molecule has 1 amide bonds. The minimum Gasteiger partial charge on any atom is -0.351 e. The quantitative estimate of drug-likeness (QED) is 0.810. The summed E-state index contributed by atoms with van der Waals surface area (Å²) in [6.07, 6.45) is 6.03. The minimum atomic E-state index is -0.178. The van der Waals surface area contributed by atoms with Gasteiger partial charge < -0.3 is 10.6 Å². The molecule has 20 heavy (non-hydrogen) atoms. The first-order valence-corrected chi connectivity index (χ1v) is 7.45. The number of rotatable bonds is 2. The monoisotopic (exact) mass is 323 g/mol. The standard InChI is InChI=1S/C14H25N3O.2ClH/c1-14(6-7-15-10-14)13(18)16-11-5-9-17-8-3-2-4-12(11)17;;/h11-12,15H,2-10H2,1H3,(H,16,18);2*1H. The number of halogens is 2. The van der Waals surface area contributed by atoms with Gasteiger partial charge in [0.15, 0.2) is 0 Å². The maximum Gasteiger partial charge on any atom is 0.227 e. The van der Waals surface area contributed by atoms with Crippen molar-refractivity contribution in [1.29, 1.82) is 0 Å². The van der Waals surface area contributed by atoms with Crippen molar-refractivity contribution in [2.75, 3.05) is 26.2 Å². The van der Waals surface area contributed by atoms with Crippen molar-refractivity contribution in [2.24, 2.45) is 5.41 Å². The van der Waals surface area contributed by atoms with Crippen LogP contribution in [0.3, 0.4) is 0 Å². The van der Waals surface area contributed by atoms with Gasteiger partial charge in [0.2, 0.25) is 5.91 Å². The van der Waals surface area contributed by atoms with Gasteiger partial charge in [-0.15, -0.1) is 24.8 Å². The highest BCUT2D eigenvalue weighted by molar-refractivity contribution is 5.85. The van der Waals surface area contributed by atoms with E-state index in [1.54, 1.807) is 0 Å². The summed E-state index contributed by atoms with van der Waals surface area (Å²) in [5, 5.41) is 6.64. The maximum atomic E-state index is 12.4. The molecule has 2 N–H and O–H groups in total. The fourth-order valence-corrected chi connectivity index (χ4v) is 3.77. The van der Waals surface area contributed by atoms with Gasteiger partial charge in [-0.1, -0.05) is 6.42 Å². The molecule has 3 fully saturated rings. The van der Waals surface area contributed by atoms with E-state index in [1.165, 1.54) is 32.4 Å². The topological polar surface area (TPSA) is 44.4 Å². The fraction of sp³-hybridized carbons (Fsp3) is 0.929. The molecular weight excluding hydrogens is 297 g/mol. The summed E-state index contributed by atoms with van der Waals surface area (Å²) in [6, 6.07) is 1.01. The molecule has 0 spiro atoms. The largest absolute Gasteiger partial charge is 0.351 e. The van der Waals surface area contributed by atoms with Gasteiger partial charge in [-0.3, -0.25) is 9.69 Å². The first-order valence-electron chi connectivity index (χ1n) is 7.45. The predicted molar refractivity (Wildman–Crippen MR) is 85.8 cm³/mol. The van der Waals surface area contributed by atoms with Gasteiger partial charge in [-0.05, 0) is 45.7 Å². The van der Waals surface area contributed by atoms with Crippen LogP contribution in [0, 0.1) is 5.41 Å². The number of amides is 1. The van der Waals surface area contributed by atoms with Crippen LogP contribution in [0.4, 0.5) is 0 Å². The van der Waals surface area contributed by atoms with Crippen LogP contribution in [0.15, 0.2) is 0 Å². The van der Waals surface area contributed by atoms with E-state index in [2.05, 4.69) is 22.5 Å². The summed E-state index contributed by atoms with van der Waals surface area (Å²) in [6.45, 7) is 6.31. The lowest BCUT2D eigenvalue weighted by atomic mass is 9.88. The lowest BCUT2D eigenvalue weighted by Gasteiger charge is -2.34. The second kappa shape index (κ2) is 7.30. The maximum absolute atomic E-state index is 12.4. The number of carbonyl (C=O) groups is 1. The average Bonchev–Trinajstić information content (AvgIpc) is 2.98. The highest BCUT2D eigenvalue weighted by Gasteiger charge is 2.41. The van der Waals surface area contributed by atoms with Crippen LogP contribution in [0.5, 0.6) is 0 Å². The zero-order valence-corrected chi connectivity index (χ0v) is 13.8. The molecular formula is C14H27Cl2N3O. The SMILES string of the molecule is CC1(C(=O)NC2CCN3CCCCC23)CCNC1.Cl.Cl. The van der Waals surface area contributed by atoms with E-state index >= 15 is 0 Å². The Morgan fingerprint density at radius 3 is 2.75 bits per heavy atom. The summed E-state index contributed by atoms with van der Waals surface area (Å²) in [7, 11) is 0. The first-order chi connectivity index (χ1) is 8.69. The van der Waals surface area contributed by atoms with Gasteiger partial charge in [0.25, 0.3) is 0 Å². The van der Waals surface area contributed by atoms with Crippen molar-refractivity contribution in [3.63, 3.8) is 0 Å². The molecule has 3 rings (SSSR count). The molecule has 0 aromatic heterocycles. The molecule has 0 aromatic rings. The van der Waals surface area contributed by atoms with Crippen LogP contribution in [0.25, 0.3) is 0 Å². The van der Waals surface area contributed by atoms with E-state index < -0.39 is 0 Å². The van der Waals surface area contributed by atoms with Gasteiger partial charge >= 0.3 is 0 Å². The molecule has 0 saturated carbocycles. The lowest BCUT2D eigenvalue weighted by Crippen LogP contribution is -2.51. The number of hydrogen-bond donors (Lipinski definition) is 2. The molecule has 0 aliphatic carbocycles. The van der Waals surface area contributed by atoms with Crippen molar-refractivity contribution >= 4 is 30.7 Å². The van der Waals surface area contributed by atoms with Gasteiger partial charge in [0, 0.05) is 25.2 Å². The highest BCUT2D eigenvalue weighted by Crippen LogP contribution is 2.29. The third-order valence-electron chi connectivity index (χ3n) is 5.09. The number of hydrogen-bond acceptors (Lipinski definition) is 3. The number of nitrogens with one attached hydrogen (secondary N) is 2. The Labute approximate surface area is 134 Å². The van der Waals surface area contributed by atoms with Crippen molar-refractivity contribution in [1.82, 2.24) is 15.5 Å². The van der Waals surface area contributed by atoms with E-state index in [-0.39, 0.29) is 36.1 Å². The molecule has 118 valence electrons. The molecule has 3 atom stereocenters. The Morgan fingerprint density at radius 1 is 1.25 bits per heavy atom. The Bertz CT molecular complexity index is 334. The summed E-state index contributed by atoms with van der Waals surface area (Å²) in [5.74, 6) is 0.268. The molecule has 3 aliphatic rings. The van der Waals surface area contributed by atoms with Crippen molar-refractivity contribution in [3.8, 4) is 0 Å². The van der Waals surface area contributed by atoms with Crippen LogP contribution >= 0.6 is 24.8 Å². The second-order valence-corrected chi connectivity index (χ2v) is 6.46. The first kappa shape index (κ1) is 18.0. The van der Waals surface area contributed by atoms with Gasteiger partial charge in [0.05, 0.1) is 5.41 Å². The molecule has 3 unspecified atom stereocenters. The average molecular weight is 324 g/mol. The normalized spacial score (nSPS) is 36.6. The smallest absolute Gasteiger partial charge is 0.227 e. The zero-order chi connectivity index (χ0) is 12.6. The molecule has 4 nitrogen and oxygen atoms in total. The number of nitrogens with zero attached hydrogens (tertiary/aromatic N) is 1.